The highest BCUT2D eigenvalue weighted by Crippen LogP contribution is 2.25. The van der Waals surface area contributed by atoms with E-state index in [1.54, 1.807) is 31.4 Å². The summed E-state index contributed by atoms with van der Waals surface area (Å²) < 4.78 is 13.7. The molecule has 80 valence electrons. The van der Waals surface area contributed by atoms with E-state index in [0.29, 0.717) is 0 Å². The number of hydrogen-bond donors (Lipinski definition) is 4. The SMILES string of the molecule is COc1ccc(O)cc1.O=P(O)(O)O. The van der Waals surface area contributed by atoms with Crippen LogP contribution in [0.3, 0.4) is 0 Å². The van der Waals surface area contributed by atoms with Crippen LogP contribution in [-0.4, -0.2) is 26.9 Å². The molecule has 1 aromatic rings. The van der Waals surface area contributed by atoms with Gasteiger partial charge in [-0.2, -0.15) is 0 Å². The summed E-state index contributed by atoms with van der Waals surface area (Å²) in [6.45, 7) is 0. The quantitative estimate of drug-likeness (QED) is 0.514. The van der Waals surface area contributed by atoms with Gasteiger partial charge in [0.1, 0.15) is 11.5 Å². The molecule has 0 aromatic heterocycles. The van der Waals surface area contributed by atoms with E-state index >= 15 is 0 Å². The fourth-order valence-electron chi connectivity index (χ4n) is 0.582. The maximum atomic E-state index is 8.88. The lowest BCUT2D eigenvalue weighted by Crippen LogP contribution is -1.79. The Kier molecular flexibility index (Phi) is 5.19. The Morgan fingerprint density at radius 3 is 1.79 bits per heavy atom. The predicted octanol–water partition coefficient (Wildman–Crippen LogP) is 0.472. The second-order valence-corrected chi connectivity index (χ2v) is 3.24. The van der Waals surface area contributed by atoms with Gasteiger partial charge in [0, 0.05) is 0 Å². The molecule has 0 saturated carbocycles. The van der Waals surface area contributed by atoms with Crippen molar-refractivity contribution in [3.63, 3.8) is 0 Å². The van der Waals surface area contributed by atoms with Crippen LogP contribution in [0.5, 0.6) is 11.5 Å². The predicted molar refractivity (Wildman–Crippen MR) is 48.9 cm³/mol. The summed E-state index contributed by atoms with van der Waals surface area (Å²) in [7, 11) is -3.05. The number of rotatable bonds is 1. The maximum Gasteiger partial charge on any atom is 0.466 e. The van der Waals surface area contributed by atoms with Crippen LogP contribution in [0.2, 0.25) is 0 Å². The van der Waals surface area contributed by atoms with Crippen LogP contribution in [0.4, 0.5) is 0 Å². The van der Waals surface area contributed by atoms with Crippen LogP contribution >= 0.6 is 7.82 Å². The van der Waals surface area contributed by atoms with Gasteiger partial charge in [-0.15, -0.1) is 0 Å². The van der Waals surface area contributed by atoms with Gasteiger partial charge in [0.05, 0.1) is 7.11 Å². The van der Waals surface area contributed by atoms with Gasteiger partial charge in [-0.3, -0.25) is 0 Å². The molecule has 0 fully saturated rings. The zero-order valence-electron chi connectivity index (χ0n) is 7.36. The van der Waals surface area contributed by atoms with Gasteiger partial charge in [-0.05, 0) is 24.3 Å². The fraction of sp³-hybridized carbons (Fsp3) is 0.143. The van der Waals surface area contributed by atoms with Crippen molar-refractivity contribution in [2.45, 2.75) is 0 Å². The van der Waals surface area contributed by atoms with Gasteiger partial charge in [-0.1, -0.05) is 0 Å². The second-order valence-electron chi connectivity index (χ2n) is 2.21. The van der Waals surface area contributed by atoms with Crippen molar-refractivity contribution in [1.82, 2.24) is 0 Å². The first-order valence-electron chi connectivity index (χ1n) is 3.44. The third-order valence-corrected chi connectivity index (χ3v) is 1.07. The van der Waals surface area contributed by atoms with Gasteiger partial charge < -0.3 is 24.5 Å². The molecule has 6 nitrogen and oxygen atoms in total. The van der Waals surface area contributed by atoms with E-state index in [2.05, 4.69) is 0 Å². The number of aromatic hydroxyl groups is 1. The summed E-state index contributed by atoms with van der Waals surface area (Å²) in [5, 5.41) is 8.80. The molecule has 0 aliphatic heterocycles. The summed E-state index contributed by atoms with van der Waals surface area (Å²) in [5.74, 6) is 1.02. The van der Waals surface area contributed by atoms with E-state index in [1.165, 1.54) is 0 Å². The number of phosphoric acid groups is 1. The second kappa shape index (κ2) is 5.62. The Labute approximate surface area is 80.6 Å². The average molecular weight is 222 g/mol. The molecule has 14 heavy (non-hydrogen) atoms. The highest BCUT2D eigenvalue weighted by atomic mass is 31.2. The fourth-order valence-corrected chi connectivity index (χ4v) is 0.582. The van der Waals surface area contributed by atoms with E-state index in [1.807, 2.05) is 0 Å². The van der Waals surface area contributed by atoms with Gasteiger partial charge in [0.25, 0.3) is 0 Å². The number of phenols is 1. The van der Waals surface area contributed by atoms with E-state index < -0.39 is 7.82 Å². The largest absolute Gasteiger partial charge is 0.508 e. The lowest BCUT2D eigenvalue weighted by molar-refractivity contribution is 0.275. The topological polar surface area (TPSA) is 107 Å². The molecule has 4 N–H and O–H groups in total. The van der Waals surface area contributed by atoms with Gasteiger partial charge in [0.15, 0.2) is 0 Å². The summed E-state index contributed by atoms with van der Waals surface area (Å²) in [5.41, 5.74) is 0. The number of hydrogen-bond acceptors (Lipinski definition) is 3. The number of phenolic OH excluding ortho intramolecular Hbond substituents is 1. The lowest BCUT2D eigenvalue weighted by Gasteiger charge is -1.96. The molecular formula is C7H11O6P. The van der Waals surface area contributed by atoms with Crippen molar-refractivity contribution in [3.8, 4) is 11.5 Å². The first-order chi connectivity index (χ1) is 6.33. The van der Waals surface area contributed by atoms with Crippen molar-refractivity contribution < 1.29 is 29.1 Å². The van der Waals surface area contributed by atoms with E-state index in [0.717, 1.165) is 5.75 Å². The normalized spacial score (nSPS) is 10.0. The van der Waals surface area contributed by atoms with E-state index in [4.69, 9.17) is 29.1 Å². The van der Waals surface area contributed by atoms with Crippen LogP contribution < -0.4 is 4.74 Å². The van der Waals surface area contributed by atoms with E-state index in [-0.39, 0.29) is 5.75 Å². The van der Waals surface area contributed by atoms with Gasteiger partial charge in [0.2, 0.25) is 0 Å². The van der Waals surface area contributed by atoms with Crippen molar-refractivity contribution in [3.05, 3.63) is 24.3 Å². The van der Waals surface area contributed by atoms with Crippen molar-refractivity contribution >= 4 is 7.82 Å². The molecule has 0 spiro atoms. The molecule has 0 bridgehead atoms. The molecule has 0 amide bonds. The van der Waals surface area contributed by atoms with Crippen molar-refractivity contribution in [2.24, 2.45) is 0 Å². The zero-order valence-corrected chi connectivity index (χ0v) is 8.26. The molecule has 0 unspecified atom stereocenters. The molecule has 1 rings (SSSR count). The van der Waals surface area contributed by atoms with Crippen LogP contribution in [0, 0.1) is 0 Å². The molecule has 0 heterocycles. The van der Waals surface area contributed by atoms with Crippen molar-refractivity contribution in [1.29, 1.82) is 0 Å². The molecule has 0 saturated heterocycles. The van der Waals surface area contributed by atoms with Crippen LogP contribution in [0.15, 0.2) is 24.3 Å². The summed E-state index contributed by atoms with van der Waals surface area (Å²) in [6.07, 6.45) is 0. The third kappa shape index (κ3) is 9.02. The number of benzene rings is 1. The van der Waals surface area contributed by atoms with Gasteiger partial charge >= 0.3 is 7.82 Å². The van der Waals surface area contributed by atoms with Gasteiger partial charge in [-0.25, -0.2) is 4.57 Å². The third-order valence-electron chi connectivity index (χ3n) is 1.07. The minimum absolute atomic E-state index is 0.260. The van der Waals surface area contributed by atoms with Crippen LogP contribution in [0.1, 0.15) is 0 Å². The molecule has 0 aliphatic carbocycles. The lowest BCUT2D eigenvalue weighted by atomic mass is 10.3. The minimum Gasteiger partial charge on any atom is -0.508 e. The highest BCUT2D eigenvalue weighted by molar-refractivity contribution is 7.45. The molecule has 0 aliphatic rings. The Balaban J connectivity index is 0.000000292. The monoisotopic (exact) mass is 222 g/mol. The first kappa shape index (κ1) is 12.9. The molecule has 1 aromatic carbocycles. The van der Waals surface area contributed by atoms with Crippen LogP contribution in [-0.2, 0) is 4.57 Å². The number of ether oxygens (including phenoxy) is 1. The Bertz CT molecular complexity index is 294. The molecule has 7 heteroatoms. The smallest absolute Gasteiger partial charge is 0.466 e. The average Bonchev–Trinajstić information content (AvgIpc) is 2.03. The minimum atomic E-state index is -4.64. The maximum absolute atomic E-state index is 8.88. The van der Waals surface area contributed by atoms with Crippen LogP contribution in [0.25, 0.3) is 0 Å². The summed E-state index contributed by atoms with van der Waals surface area (Å²) >= 11 is 0. The molecular weight excluding hydrogens is 211 g/mol. The summed E-state index contributed by atoms with van der Waals surface area (Å²) in [4.78, 5) is 21.6. The standard InChI is InChI=1S/C7H8O2.H3O4P/c1-9-7-4-2-6(8)3-5-7;1-5(2,3)4/h2-5,8H,1H3;(H3,1,2,3,4). The highest BCUT2D eigenvalue weighted by Gasteiger charge is 2.00. The molecule has 0 atom stereocenters. The summed E-state index contributed by atoms with van der Waals surface area (Å²) in [6, 6.07) is 6.57. The van der Waals surface area contributed by atoms with E-state index in [9.17, 15) is 0 Å². The number of methoxy groups -OCH3 is 1. The Morgan fingerprint density at radius 1 is 1.14 bits per heavy atom. The Hall–Kier alpha value is -1.07. The first-order valence-corrected chi connectivity index (χ1v) is 5.01. The molecule has 0 radical (unpaired) electrons. The van der Waals surface area contributed by atoms with Crippen molar-refractivity contribution in [2.75, 3.05) is 7.11 Å². The Morgan fingerprint density at radius 2 is 1.50 bits per heavy atom. The zero-order chi connectivity index (χ0) is 11.2.